The number of nitrogens with one attached hydrogen (secondary N) is 1. The minimum atomic E-state index is -1.66. The molecule has 0 saturated carbocycles. The second kappa shape index (κ2) is 51.4. The second-order valence-electron chi connectivity index (χ2n) is 22.1. The number of ether oxygens (including phenoxy) is 2. The van der Waals surface area contributed by atoms with E-state index < -0.39 is 74.2 Å². The van der Waals surface area contributed by atoms with Crippen molar-refractivity contribution >= 4 is 5.91 Å². The summed E-state index contributed by atoms with van der Waals surface area (Å²) in [6, 6.07) is -1.17. The first-order valence-corrected chi connectivity index (χ1v) is 31.2. The zero-order chi connectivity index (χ0) is 53.3. The number of hydrogen-bond acceptors (Lipinski definition) is 10. The molecule has 8 N–H and O–H groups in total. The van der Waals surface area contributed by atoms with Gasteiger partial charge in [-0.3, -0.25) is 4.79 Å². The number of unbranched alkanes of at least 4 members (excludes halogenated alkanes) is 38. The van der Waals surface area contributed by atoms with Crippen LogP contribution in [0.5, 0.6) is 0 Å². The lowest BCUT2D eigenvalue weighted by molar-refractivity contribution is -0.303. The van der Waals surface area contributed by atoms with Gasteiger partial charge in [0.2, 0.25) is 5.91 Å². The van der Waals surface area contributed by atoms with Gasteiger partial charge in [0, 0.05) is 0 Å². The molecule has 432 valence electrons. The number of carbonyl (C=O) groups is 1. The summed E-state index contributed by atoms with van der Waals surface area (Å²) in [4.78, 5) is 13.2. The molecule has 0 aliphatic carbocycles. The molecule has 1 rings (SSSR count). The number of rotatable bonds is 54. The van der Waals surface area contributed by atoms with E-state index in [9.17, 15) is 40.5 Å². The highest BCUT2D eigenvalue weighted by atomic mass is 16.7. The Balaban J connectivity index is 2.22. The molecule has 1 aliphatic rings. The van der Waals surface area contributed by atoms with Crippen molar-refractivity contribution in [3.8, 4) is 0 Å². The van der Waals surface area contributed by atoms with Crippen molar-refractivity contribution < 1.29 is 50.0 Å². The summed E-state index contributed by atoms with van der Waals surface area (Å²) in [5.74, 6) is -0.693. The van der Waals surface area contributed by atoms with Crippen LogP contribution in [0.4, 0.5) is 0 Å². The van der Waals surface area contributed by atoms with Crippen LogP contribution in [0.3, 0.4) is 0 Å². The predicted octanol–water partition coefficient (Wildman–Crippen LogP) is 13.7. The standard InChI is InChI=1S/C62H119NO10/c1-3-5-7-9-11-13-15-17-19-21-22-23-24-25-26-27-28-29-30-31-32-33-34-36-38-40-42-44-46-48-50-55(66)61(71)63-53(52-72-62-60(70)59(69)58(68)56(51-64)73-62)57(67)54(65)49-47-45-43-41-39-37-35-20-18-16-14-12-10-8-6-4-2/h22-23,25-26,53-60,62,64-70H,3-21,24,27-52H2,1-2H3,(H,63,71)/b23-22-,26-25-. The Bertz CT molecular complexity index is 1240. The van der Waals surface area contributed by atoms with E-state index in [0.29, 0.717) is 19.3 Å². The van der Waals surface area contributed by atoms with Gasteiger partial charge in [0.1, 0.15) is 36.6 Å². The normalized spacial score (nSPS) is 20.0. The van der Waals surface area contributed by atoms with Crippen LogP contribution in [-0.4, -0.2) is 110 Å². The first-order valence-electron chi connectivity index (χ1n) is 31.2. The highest BCUT2D eigenvalue weighted by Gasteiger charge is 2.44. The Kier molecular flexibility index (Phi) is 49.0. The van der Waals surface area contributed by atoms with E-state index in [-0.39, 0.29) is 6.42 Å². The number of aliphatic hydroxyl groups is 7. The summed E-state index contributed by atoms with van der Waals surface area (Å²) in [5, 5.41) is 76.2. The average Bonchev–Trinajstić information content (AvgIpc) is 3.39. The molecule has 9 unspecified atom stereocenters. The maximum absolute atomic E-state index is 13.2. The van der Waals surface area contributed by atoms with E-state index in [1.54, 1.807) is 0 Å². The summed E-state index contributed by atoms with van der Waals surface area (Å²) >= 11 is 0. The number of allylic oxidation sites excluding steroid dienone is 4. The van der Waals surface area contributed by atoms with Gasteiger partial charge in [0.25, 0.3) is 0 Å². The van der Waals surface area contributed by atoms with Gasteiger partial charge in [-0.05, 0) is 44.9 Å². The molecule has 1 fully saturated rings. The predicted molar refractivity (Wildman–Crippen MR) is 302 cm³/mol. The molecule has 0 aromatic carbocycles. The van der Waals surface area contributed by atoms with Crippen molar-refractivity contribution in [3.63, 3.8) is 0 Å². The van der Waals surface area contributed by atoms with Crippen LogP contribution < -0.4 is 5.32 Å². The van der Waals surface area contributed by atoms with Gasteiger partial charge in [0.15, 0.2) is 6.29 Å². The van der Waals surface area contributed by atoms with Crippen LogP contribution in [0.1, 0.15) is 296 Å². The minimum Gasteiger partial charge on any atom is -0.394 e. The first-order chi connectivity index (χ1) is 35.7. The molecule has 1 amide bonds. The fourth-order valence-corrected chi connectivity index (χ4v) is 10.2. The fourth-order valence-electron chi connectivity index (χ4n) is 10.2. The van der Waals surface area contributed by atoms with Crippen molar-refractivity contribution in [2.24, 2.45) is 0 Å². The Hall–Kier alpha value is -1.41. The molecule has 1 heterocycles. The van der Waals surface area contributed by atoms with Crippen molar-refractivity contribution in [1.82, 2.24) is 5.32 Å². The molecule has 0 spiro atoms. The summed E-state index contributed by atoms with van der Waals surface area (Å²) < 4.78 is 11.2. The molecule has 0 radical (unpaired) electrons. The smallest absolute Gasteiger partial charge is 0.249 e. The molecular weight excluding hydrogens is 919 g/mol. The molecular formula is C62H119NO10. The topological polar surface area (TPSA) is 189 Å². The van der Waals surface area contributed by atoms with Crippen LogP contribution in [0.25, 0.3) is 0 Å². The lowest BCUT2D eigenvalue weighted by atomic mass is 9.98. The van der Waals surface area contributed by atoms with E-state index >= 15 is 0 Å². The number of carbonyl (C=O) groups excluding carboxylic acids is 1. The molecule has 1 aliphatic heterocycles. The van der Waals surface area contributed by atoms with E-state index in [1.807, 2.05) is 0 Å². The highest BCUT2D eigenvalue weighted by molar-refractivity contribution is 5.80. The van der Waals surface area contributed by atoms with Gasteiger partial charge in [0.05, 0.1) is 25.4 Å². The van der Waals surface area contributed by atoms with Crippen LogP contribution in [0.15, 0.2) is 24.3 Å². The second-order valence-corrected chi connectivity index (χ2v) is 22.1. The average molecular weight is 1040 g/mol. The summed E-state index contributed by atoms with van der Waals surface area (Å²) in [7, 11) is 0. The van der Waals surface area contributed by atoms with Gasteiger partial charge in [-0.1, -0.05) is 276 Å². The number of hydrogen-bond donors (Lipinski definition) is 8. The summed E-state index contributed by atoms with van der Waals surface area (Å²) in [5.41, 5.74) is 0. The lowest BCUT2D eigenvalue weighted by Gasteiger charge is -2.40. The molecule has 11 heteroatoms. The Morgan fingerprint density at radius 3 is 1.22 bits per heavy atom. The third-order valence-electron chi connectivity index (χ3n) is 15.3. The molecule has 73 heavy (non-hydrogen) atoms. The molecule has 0 bridgehead atoms. The van der Waals surface area contributed by atoms with Crippen molar-refractivity contribution in [1.29, 1.82) is 0 Å². The zero-order valence-corrected chi connectivity index (χ0v) is 47.4. The molecule has 1 saturated heterocycles. The van der Waals surface area contributed by atoms with E-state index in [0.717, 1.165) is 44.9 Å². The van der Waals surface area contributed by atoms with Crippen LogP contribution in [-0.2, 0) is 14.3 Å². The van der Waals surface area contributed by atoms with Crippen molar-refractivity contribution in [2.75, 3.05) is 13.2 Å². The van der Waals surface area contributed by atoms with E-state index in [4.69, 9.17) is 9.47 Å². The lowest BCUT2D eigenvalue weighted by Crippen LogP contribution is -2.60. The molecule has 11 nitrogen and oxygen atoms in total. The molecule has 0 aromatic heterocycles. The van der Waals surface area contributed by atoms with Gasteiger partial charge in [-0.25, -0.2) is 0 Å². The molecule has 9 atom stereocenters. The largest absolute Gasteiger partial charge is 0.394 e. The van der Waals surface area contributed by atoms with E-state index in [1.165, 1.54) is 212 Å². The van der Waals surface area contributed by atoms with Gasteiger partial charge >= 0.3 is 0 Å². The third-order valence-corrected chi connectivity index (χ3v) is 15.3. The highest BCUT2D eigenvalue weighted by Crippen LogP contribution is 2.24. The SMILES string of the molecule is CCCCCCCCCCC/C=C\C/C=C\CCCCCCCCCCCCCCCCC(O)C(=O)NC(COC1OC(CO)C(O)C(O)C1O)C(O)C(O)CCCCCCCCCCCCCCCCCC. The van der Waals surface area contributed by atoms with Crippen molar-refractivity contribution in [3.05, 3.63) is 24.3 Å². The monoisotopic (exact) mass is 1040 g/mol. The maximum Gasteiger partial charge on any atom is 0.249 e. The fraction of sp³-hybridized carbons (Fsp3) is 0.919. The minimum absolute atomic E-state index is 0.262. The van der Waals surface area contributed by atoms with Gasteiger partial charge in [-0.15, -0.1) is 0 Å². The van der Waals surface area contributed by atoms with Crippen molar-refractivity contribution in [2.45, 2.75) is 351 Å². The van der Waals surface area contributed by atoms with E-state index in [2.05, 4.69) is 43.5 Å². The van der Waals surface area contributed by atoms with Gasteiger partial charge in [-0.2, -0.15) is 0 Å². The Morgan fingerprint density at radius 2 is 0.836 bits per heavy atom. The third kappa shape index (κ3) is 39.6. The number of amides is 1. The maximum atomic E-state index is 13.2. The summed E-state index contributed by atoms with van der Waals surface area (Å²) in [6.45, 7) is 3.49. The zero-order valence-electron chi connectivity index (χ0n) is 47.4. The van der Waals surface area contributed by atoms with Crippen LogP contribution >= 0.6 is 0 Å². The van der Waals surface area contributed by atoms with Crippen LogP contribution in [0.2, 0.25) is 0 Å². The Morgan fingerprint density at radius 1 is 0.479 bits per heavy atom. The van der Waals surface area contributed by atoms with Gasteiger partial charge < -0.3 is 50.5 Å². The molecule has 0 aromatic rings. The first kappa shape index (κ1) is 69.6. The summed E-state index contributed by atoms with van der Waals surface area (Å²) in [6.07, 6.45) is 51.0. The Labute approximate surface area is 448 Å². The quantitative estimate of drug-likeness (QED) is 0.0215. The van der Waals surface area contributed by atoms with Crippen LogP contribution in [0, 0.1) is 0 Å². The number of aliphatic hydroxyl groups excluding tert-OH is 7.